The highest BCUT2D eigenvalue weighted by Gasteiger charge is 2.01. The summed E-state index contributed by atoms with van der Waals surface area (Å²) in [6.45, 7) is 2.14. The molecule has 3 N–H and O–H groups in total. The van der Waals surface area contributed by atoms with E-state index < -0.39 is 0 Å². The van der Waals surface area contributed by atoms with E-state index in [1.165, 1.54) is 0 Å². The van der Waals surface area contributed by atoms with Crippen LogP contribution in [0.2, 0.25) is 0 Å². The Morgan fingerprint density at radius 1 is 1.69 bits per heavy atom. The van der Waals surface area contributed by atoms with Crippen LogP contribution < -0.4 is 10.5 Å². The van der Waals surface area contributed by atoms with Gasteiger partial charge in [0.05, 0.1) is 6.61 Å². The van der Waals surface area contributed by atoms with Gasteiger partial charge in [-0.25, -0.2) is 4.98 Å². The third kappa shape index (κ3) is 3.01. The average molecular weight is 182 g/mol. The van der Waals surface area contributed by atoms with Crippen LogP contribution in [0.1, 0.15) is 18.5 Å². The van der Waals surface area contributed by atoms with Crippen molar-refractivity contribution in [2.24, 2.45) is 5.73 Å². The molecule has 0 fully saturated rings. The molecule has 1 unspecified atom stereocenters. The molecule has 1 aromatic rings. The zero-order chi connectivity index (χ0) is 9.68. The average Bonchev–Trinajstić information content (AvgIpc) is 2.15. The standard InChI is InChI=1S/C9H14N2O2/c1-7(10)8-2-3-11-9(6-8)13-5-4-12/h2-3,6-7,12H,4-5,10H2,1H3. The molecule has 4 heteroatoms. The van der Waals surface area contributed by atoms with Crippen molar-refractivity contribution >= 4 is 0 Å². The molecule has 0 aliphatic rings. The van der Waals surface area contributed by atoms with Crippen LogP contribution in [0.4, 0.5) is 0 Å². The summed E-state index contributed by atoms with van der Waals surface area (Å²) in [7, 11) is 0. The molecule has 4 nitrogen and oxygen atoms in total. The molecule has 0 radical (unpaired) electrons. The predicted octanol–water partition coefficient (Wildman–Crippen LogP) is 0.472. The number of nitrogens with two attached hydrogens (primary N) is 1. The molecular formula is C9H14N2O2. The number of aliphatic hydroxyl groups is 1. The van der Waals surface area contributed by atoms with E-state index in [4.69, 9.17) is 15.6 Å². The second-order valence-corrected chi connectivity index (χ2v) is 2.79. The highest BCUT2D eigenvalue weighted by Crippen LogP contribution is 2.14. The van der Waals surface area contributed by atoms with Gasteiger partial charge in [-0.2, -0.15) is 0 Å². The van der Waals surface area contributed by atoms with E-state index in [9.17, 15) is 0 Å². The van der Waals surface area contributed by atoms with Crippen molar-refractivity contribution in [3.8, 4) is 5.88 Å². The van der Waals surface area contributed by atoms with E-state index in [1.807, 2.05) is 13.0 Å². The largest absolute Gasteiger partial charge is 0.475 e. The van der Waals surface area contributed by atoms with Crippen LogP contribution in [0.3, 0.4) is 0 Å². The molecule has 1 aromatic heterocycles. The first-order valence-corrected chi connectivity index (χ1v) is 4.19. The van der Waals surface area contributed by atoms with E-state index in [1.54, 1.807) is 12.3 Å². The smallest absolute Gasteiger partial charge is 0.213 e. The number of hydrogen-bond acceptors (Lipinski definition) is 4. The number of nitrogens with zero attached hydrogens (tertiary/aromatic N) is 1. The quantitative estimate of drug-likeness (QED) is 0.710. The summed E-state index contributed by atoms with van der Waals surface area (Å²) in [4.78, 5) is 3.97. The molecule has 1 heterocycles. The third-order valence-corrected chi connectivity index (χ3v) is 1.63. The van der Waals surface area contributed by atoms with Crippen LogP contribution in [-0.4, -0.2) is 23.3 Å². The topological polar surface area (TPSA) is 68.4 Å². The van der Waals surface area contributed by atoms with Crippen molar-refractivity contribution < 1.29 is 9.84 Å². The molecule has 1 atom stereocenters. The normalized spacial score (nSPS) is 12.5. The van der Waals surface area contributed by atoms with E-state index >= 15 is 0 Å². The molecule has 1 rings (SSSR count). The van der Waals surface area contributed by atoms with E-state index in [2.05, 4.69) is 4.98 Å². The van der Waals surface area contributed by atoms with Crippen LogP contribution in [0.25, 0.3) is 0 Å². The van der Waals surface area contributed by atoms with Gasteiger partial charge in [0, 0.05) is 18.3 Å². The van der Waals surface area contributed by atoms with Crippen LogP contribution >= 0.6 is 0 Å². The SMILES string of the molecule is CC(N)c1ccnc(OCCO)c1. The Labute approximate surface area is 77.4 Å². The first-order valence-electron chi connectivity index (χ1n) is 4.19. The Balaban J connectivity index is 2.68. The van der Waals surface area contributed by atoms with Gasteiger partial charge in [0.15, 0.2) is 0 Å². The van der Waals surface area contributed by atoms with Crippen LogP contribution in [0.5, 0.6) is 5.88 Å². The second-order valence-electron chi connectivity index (χ2n) is 2.79. The van der Waals surface area contributed by atoms with Crippen LogP contribution in [-0.2, 0) is 0 Å². The number of ether oxygens (including phenoxy) is 1. The van der Waals surface area contributed by atoms with Gasteiger partial charge in [-0.05, 0) is 18.6 Å². The monoisotopic (exact) mass is 182 g/mol. The zero-order valence-electron chi connectivity index (χ0n) is 7.60. The lowest BCUT2D eigenvalue weighted by Crippen LogP contribution is -2.07. The summed E-state index contributed by atoms with van der Waals surface area (Å²) in [5.74, 6) is 0.504. The molecule has 13 heavy (non-hydrogen) atoms. The summed E-state index contributed by atoms with van der Waals surface area (Å²) < 4.78 is 5.13. The first kappa shape index (κ1) is 9.95. The molecule has 0 aliphatic heterocycles. The predicted molar refractivity (Wildman–Crippen MR) is 49.4 cm³/mol. The molecule has 0 saturated carbocycles. The van der Waals surface area contributed by atoms with Crippen molar-refractivity contribution in [2.75, 3.05) is 13.2 Å². The minimum atomic E-state index is -0.0283. The van der Waals surface area contributed by atoms with E-state index in [0.717, 1.165) is 5.56 Å². The van der Waals surface area contributed by atoms with E-state index in [-0.39, 0.29) is 19.3 Å². The Bertz CT molecular complexity index is 264. The van der Waals surface area contributed by atoms with Gasteiger partial charge in [0.2, 0.25) is 5.88 Å². The van der Waals surface area contributed by atoms with Gasteiger partial charge >= 0.3 is 0 Å². The maximum absolute atomic E-state index is 8.53. The number of hydrogen-bond donors (Lipinski definition) is 2. The molecule has 0 aliphatic carbocycles. The highest BCUT2D eigenvalue weighted by molar-refractivity contribution is 5.22. The Morgan fingerprint density at radius 2 is 2.46 bits per heavy atom. The van der Waals surface area contributed by atoms with Gasteiger partial charge in [-0.3, -0.25) is 0 Å². The fourth-order valence-corrected chi connectivity index (χ4v) is 0.937. The molecule has 0 aromatic carbocycles. The lowest BCUT2D eigenvalue weighted by Gasteiger charge is -2.07. The van der Waals surface area contributed by atoms with Gasteiger partial charge in [-0.15, -0.1) is 0 Å². The summed E-state index contributed by atoms with van der Waals surface area (Å²) in [6, 6.07) is 3.59. The first-order chi connectivity index (χ1) is 6.24. The molecule has 0 amide bonds. The van der Waals surface area contributed by atoms with E-state index in [0.29, 0.717) is 5.88 Å². The zero-order valence-corrected chi connectivity index (χ0v) is 7.60. The number of aliphatic hydroxyl groups excluding tert-OH is 1. The van der Waals surface area contributed by atoms with Crippen molar-refractivity contribution in [1.82, 2.24) is 4.98 Å². The Kier molecular flexibility index (Phi) is 3.67. The van der Waals surface area contributed by atoms with Gasteiger partial charge in [0.1, 0.15) is 6.61 Å². The third-order valence-electron chi connectivity index (χ3n) is 1.63. The summed E-state index contributed by atoms with van der Waals surface area (Å²) >= 11 is 0. The Hall–Kier alpha value is -1.13. The fourth-order valence-electron chi connectivity index (χ4n) is 0.937. The minimum Gasteiger partial charge on any atom is -0.475 e. The number of pyridine rings is 1. The number of aromatic nitrogens is 1. The maximum Gasteiger partial charge on any atom is 0.213 e. The molecule has 0 saturated heterocycles. The summed E-state index contributed by atoms with van der Waals surface area (Å²) in [5.41, 5.74) is 6.65. The lowest BCUT2D eigenvalue weighted by molar-refractivity contribution is 0.196. The molecule has 72 valence electrons. The summed E-state index contributed by atoms with van der Waals surface area (Å²) in [6.07, 6.45) is 1.64. The van der Waals surface area contributed by atoms with Crippen molar-refractivity contribution in [3.63, 3.8) is 0 Å². The summed E-state index contributed by atoms with van der Waals surface area (Å²) in [5, 5.41) is 8.53. The molecule has 0 spiro atoms. The molecular weight excluding hydrogens is 168 g/mol. The van der Waals surface area contributed by atoms with Crippen molar-refractivity contribution in [2.45, 2.75) is 13.0 Å². The van der Waals surface area contributed by atoms with Gasteiger partial charge in [0.25, 0.3) is 0 Å². The van der Waals surface area contributed by atoms with Gasteiger partial charge in [-0.1, -0.05) is 0 Å². The molecule has 0 bridgehead atoms. The Morgan fingerprint density at radius 3 is 3.08 bits per heavy atom. The second kappa shape index (κ2) is 4.79. The van der Waals surface area contributed by atoms with Gasteiger partial charge < -0.3 is 15.6 Å². The van der Waals surface area contributed by atoms with Crippen molar-refractivity contribution in [1.29, 1.82) is 0 Å². The van der Waals surface area contributed by atoms with Crippen molar-refractivity contribution in [3.05, 3.63) is 23.9 Å². The number of rotatable bonds is 4. The fraction of sp³-hybridized carbons (Fsp3) is 0.444. The van der Waals surface area contributed by atoms with Crippen LogP contribution in [0, 0.1) is 0 Å². The van der Waals surface area contributed by atoms with Crippen LogP contribution in [0.15, 0.2) is 18.3 Å². The maximum atomic E-state index is 8.53. The lowest BCUT2D eigenvalue weighted by atomic mass is 10.1. The highest BCUT2D eigenvalue weighted by atomic mass is 16.5. The minimum absolute atomic E-state index is 0.00984.